The van der Waals surface area contributed by atoms with Crippen molar-refractivity contribution in [3.8, 4) is 0 Å². The Labute approximate surface area is 124 Å². The maximum absolute atomic E-state index is 12.4. The highest BCUT2D eigenvalue weighted by molar-refractivity contribution is 7.89. The lowest BCUT2D eigenvalue weighted by molar-refractivity contribution is -0.384. The standard InChI is InChI=1S/C12H20N4O4S/c1-13-11-9-10(5-6-12(11)16(17)18)21(19,20)15(4)8-7-14(2)3/h5-6,9,13H,7-8H2,1-4H3. The lowest BCUT2D eigenvalue weighted by atomic mass is 10.3. The molecule has 8 nitrogen and oxygen atoms in total. The number of nitrogens with zero attached hydrogens (tertiary/aromatic N) is 3. The summed E-state index contributed by atoms with van der Waals surface area (Å²) in [5.74, 6) is 0. The van der Waals surface area contributed by atoms with Crippen molar-refractivity contribution in [3.05, 3.63) is 28.3 Å². The number of hydrogen-bond donors (Lipinski definition) is 1. The fraction of sp³-hybridized carbons (Fsp3) is 0.500. The molecular formula is C12H20N4O4S. The molecule has 0 atom stereocenters. The third-order valence-corrected chi connectivity index (χ3v) is 4.86. The molecule has 0 bridgehead atoms. The van der Waals surface area contributed by atoms with Crippen LogP contribution in [0.25, 0.3) is 0 Å². The van der Waals surface area contributed by atoms with Crippen molar-refractivity contribution in [3.63, 3.8) is 0 Å². The Morgan fingerprint density at radius 2 is 1.86 bits per heavy atom. The first-order valence-corrected chi connectivity index (χ1v) is 7.71. The molecule has 118 valence electrons. The molecule has 0 saturated heterocycles. The molecule has 1 aromatic carbocycles. The van der Waals surface area contributed by atoms with Crippen molar-refractivity contribution >= 4 is 21.4 Å². The van der Waals surface area contributed by atoms with Gasteiger partial charge < -0.3 is 10.2 Å². The second-order valence-corrected chi connectivity index (χ2v) is 6.86. The quantitative estimate of drug-likeness (QED) is 0.591. The lowest BCUT2D eigenvalue weighted by Crippen LogP contribution is -2.33. The van der Waals surface area contributed by atoms with Gasteiger partial charge >= 0.3 is 0 Å². The summed E-state index contributed by atoms with van der Waals surface area (Å²) in [5, 5.41) is 13.5. The van der Waals surface area contributed by atoms with E-state index in [9.17, 15) is 18.5 Å². The Kier molecular flexibility index (Phi) is 5.64. The molecule has 0 unspecified atom stereocenters. The Hall–Kier alpha value is -1.71. The molecule has 21 heavy (non-hydrogen) atoms. The molecule has 1 rings (SSSR count). The number of nitrogens with one attached hydrogen (secondary N) is 1. The van der Waals surface area contributed by atoms with Gasteiger partial charge in [0.05, 0.1) is 9.82 Å². The molecule has 0 saturated carbocycles. The zero-order chi connectivity index (χ0) is 16.2. The molecule has 0 aliphatic heterocycles. The number of hydrogen-bond acceptors (Lipinski definition) is 6. The van der Waals surface area contributed by atoms with Crippen LogP contribution in [0, 0.1) is 10.1 Å². The Bertz CT molecular complexity index is 616. The summed E-state index contributed by atoms with van der Waals surface area (Å²) < 4.78 is 26.0. The monoisotopic (exact) mass is 316 g/mol. The lowest BCUT2D eigenvalue weighted by Gasteiger charge is -2.19. The van der Waals surface area contributed by atoms with Crippen LogP contribution in [-0.4, -0.2) is 63.8 Å². The van der Waals surface area contributed by atoms with Crippen LogP contribution in [0.5, 0.6) is 0 Å². The summed E-state index contributed by atoms with van der Waals surface area (Å²) in [6.07, 6.45) is 0. The van der Waals surface area contributed by atoms with E-state index in [0.717, 1.165) is 0 Å². The first kappa shape index (κ1) is 17.3. The number of nitro benzene ring substituents is 1. The van der Waals surface area contributed by atoms with E-state index in [-0.39, 0.29) is 16.3 Å². The van der Waals surface area contributed by atoms with Crippen molar-refractivity contribution in [1.82, 2.24) is 9.21 Å². The highest BCUT2D eigenvalue weighted by atomic mass is 32.2. The van der Waals surface area contributed by atoms with Crippen LogP contribution in [0.3, 0.4) is 0 Å². The Balaban J connectivity index is 3.11. The van der Waals surface area contributed by atoms with Crippen LogP contribution in [-0.2, 0) is 10.0 Å². The fourth-order valence-electron chi connectivity index (χ4n) is 1.68. The van der Waals surface area contributed by atoms with Gasteiger partial charge in [0, 0.05) is 33.3 Å². The van der Waals surface area contributed by atoms with Crippen LogP contribution in [0.4, 0.5) is 11.4 Å². The fourth-order valence-corrected chi connectivity index (χ4v) is 2.86. The van der Waals surface area contributed by atoms with Gasteiger partial charge in [0.25, 0.3) is 5.69 Å². The maximum atomic E-state index is 12.4. The van der Waals surface area contributed by atoms with Crippen LogP contribution >= 0.6 is 0 Å². The summed E-state index contributed by atoms with van der Waals surface area (Å²) in [6.45, 7) is 0.919. The predicted octanol–water partition coefficient (Wildman–Crippen LogP) is 0.819. The molecule has 0 heterocycles. The SMILES string of the molecule is CNc1cc(S(=O)(=O)N(C)CCN(C)C)ccc1[N+](=O)[O-]. The van der Waals surface area contributed by atoms with Gasteiger partial charge in [-0.25, -0.2) is 8.42 Å². The summed E-state index contributed by atoms with van der Waals surface area (Å²) in [5.41, 5.74) is 0.00878. The number of rotatable bonds is 7. The number of anilines is 1. The minimum Gasteiger partial charge on any atom is -0.383 e. The third kappa shape index (κ3) is 4.13. The molecule has 0 aromatic heterocycles. The third-order valence-electron chi connectivity index (χ3n) is 3.00. The highest BCUT2D eigenvalue weighted by Gasteiger charge is 2.23. The van der Waals surface area contributed by atoms with Gasteiger partial charge in [-0.05, 0) is 26.2 Å². The summed E-state index contributed by atoms with van der Waals surface area (Å²) in [6, 6.07) is 3.72. The first-order chi connectivity index (χ1) is 9.70. The van der Waals surface area contributed by atoms with Gasteiger partial charge in [-0.1, -0.05) is 0 Å². The number of likely N-dealkylation sites (N-methyl/N-ethyl adjacent to an activating group) is 2. The molecule has 0 aliphatic carbocycles. The van der Waals surface area contributed by atoms with Crippen molar-refractivity contribution in [1.29, 1.82) is 0 Å². The van der Waals surface area contributed by atoms with E-state index in [1.807, 2.05) is 19.0 Å². The summed E-state index contributed by atoms with van der Waals surface area (Å²) >= 11 is 0. The Morgan fingerprint density at radius 1 is 1.24 bits per heavy atom. The molecule has 0 spiro atoms. The minimum absolute atomic E-state index is 0.0266. The number of benzene rings is 1. The van der Waals surface area contributed by atoms with E-state index in [0.29, 0.717) is 13.1 Å². The molecular weight excluding hydrogens is 296 g/mol. The van der Waals surface area contributed by atoms with E-state index in [1.54, 1.807) is 0 Å². The Morgan fingerprint density at radius 3 is 2.33 bits per heavy atom. The van der Waals surface area contributed by atoms with E-state index in [4.69, 9.17) is 0 Å². The second-order valence-electron chi connectivity index (χ2n) is 4.82. The normalized spacial score (nSPS) is 11.9. The van der Waals surface area contributed by atoms with Crippen LogP contribution in [0.15, 0.2) is 23.1 Å². The highest BCUT2D eigenvalue weighted by Crippen LogP contribution is 2.28. The van der Waals surface area contributed by atoms with E-state index < -0.39 is 14.9 Å². The zero-order valence-electron chi connectivity index (χ0n) is 12.5. The largest absolute Gasteiger partial charge is 0.383 e. The molecule has 9 heteroatoms. The topological polar surface area (TPSA) is 95.8 Å². The molecule has 0 aliphatic rings. The zero-order valence-corrected chi connectivity index (χ0v) is 13.3. The minimum atomic E-state index is -3.67. The van der Waals surface area contributed by atoms with E-state index >= 15 is 0 Å². The van der Waals surface area contributed by atoms with E-state index in [1.165, 1.54) is 36.6 Å². The first-order valence-electron chi connectivity index (χ1n) is 6.27. The van der Waals surface area contributed by atoms with Crippen LogP contribution < -0.4 is 5.32 Å². The van der Waals surface area contributed by atoms with Crippen molar-refractivity contribution in [2.45, 2.75) is 4.90 Å². The van der Waals surface area contributed by atoms with Gasteiger partial charge in [0.15, 0.2) is 0 Å². The smallest absolute Gasteiger partial charge is 0.292 e. The average molecular weight is 316 g/mol. The summed E-state index contributed by atoms with van der Waals surface area (Å²) in [7, 11) is 3.03. The number of nitro groups is 1. The van der Waals surface area contributed by atoms with Gasteiger partial charge in [-0.3, -0.25) is 10.1 Å². The molecule has 1 aromatic rings. The second kappa shape index (κ2) is 6.83. The van der Waals surface area contributed by atoms with Crippen LogP contribution in [0.1, 0.15) is 0 Å². The van der Waals surface area contributed by atoms with Crippen molar-refractivity contribution < 1.29 is 13.3 Å². The van der Waals surface area contributed by atoms with Gasteiger partial charge in [0.2, 0.25) is 10.0 Å². The molecule has 0 amide bonds. The molecule has 0 radical (unpaired) electrons. The average Bonchev–Trinajstić information content (AvgIpc) is 2.43. The van der Waals surface area contributed by atoms with Crippen molar-refractivity contribution in [2.75, 3.05) is 46.6 Å². The molecule has 1 N–H and O–H groups in total. The van der Waals surface area contributed by atoms with Gasteiger partial charge in [-0.2, -0.15) is 4.31 Å². The van der Waals surface area contributed by atoms with Crippen molar-refractivity contribution in [2.24, 2.45) is 0 Å². The van der Waals surface area contributed by atoms with E-state index in [2.05, 4.69) is 5.32 Å². The summed E-state index contributed by atoms with van der Waals surface area (Å²) in [4.78, 5) is 12.2. The van der Waals surface area contributed by atoms with Crippen LogP contribution in [0.2, 0.25) is 0 Å². The van der Waals surface area contributed by atoms with Gasteiger partial charge in [-0.15, -0.1) is 0 Å². The number of sulfonamides is 1. The van der Waals surface area contributed by atoms with Gasteiger partial charge in [0.1, 0.15) is 5.69 Å². The maximum Gasteiger partial charge on any atom is 0.292 e. The molecule has 0 fully saturated rings. The predicted molar refractivity (Wildman–Crippen MR) is 81.0 cm³/mol.